The van der Waals surface area contributed by atoms with Gasteiger partial charge in [0, 0.05) is 11.9 Å². The van der Waals surface area contributed by atoms with Crippen LogP contribution in [0.1, 0.15) is 22.5 Å². The van der Waals surface area contributed by atoms with Crippen LogP contribution in [0.3, 0.4) is 0 Å². The van der Waals surface area contributed by atoms with E-state index in [0.29, 0.717) is 17.9 Å². The number of carbonyl (C=O) groups is 1. The van der Waals surface area contributed by atoms with E-state index in [1.807, 2.05) is 25.1 Å². The van der Waals surface area contributed by atoms with Crippen LogP contribution < -0.4 is 10.1 Å². The fraction of sp³-hybridized carbons (Fsp3) is 0.353. The number of rotatable bonds is 4. The number of nitrogens with one attached hydrogen (secondary N) is 1. The van der Waals surface area contributed by atoms with Crippen molar-refractivity contribution in [2.45, 2.75) is 18.9 Å². The number of aromatic nitrogens is 2. The number of carbonyl (C=O) groups excluding carboxylic acids is 1. The SMILES string of the molecule is COc1ccc(C)cc1-n1ccc(C(=O)N[C@@]2(C#N)CCSC2)n1. The molecule has 6 nitrogen and oxygen atoms in total. The zero-order valence-electron chi connectivity index (χ0n) is 13.6. The van der Waals surface area contributed by atoms with E-state index in [0.717, 1.165) is 17.0 Å². The summed E-state index contributed by atoms with van der Waals surface area (Å²) in [6.07, 6.45) is 2.38. The van der Waals surface area contributed by atoms with Gasteiger partial charge in [0.15, 0.2) is 5.69 Å². The molecule has 1 N–H and O–H groups in total. The maximum atomic E-state index is 12.5. The van der Waals surface area contributed by atoms with Crippen molar-refractivity contribution in [1.82, 2.24) is 15.1 Å². The highest BCUT2D eigenvalue weighted by Gasteiger charge is 2.36. The van der Waals surface area contributed by atoms with Crippen LogP contribution >= 0.6 is 11.8 Å². The number of methoxy groups -OCH3 is 1. The molecule has 1 aliphatic rings. The number of benzene rings is 1. The summed E-state index contributed by atoms with van der Waals surface area (Å²) >= 11 is 1.67. The number of nitrogens with zero attached hydrogens (tertiary/aromatic N) is 3. The summed E-state index contributed by atoms with van der Waals surface area (Å²) in [6, 6.07) is 9.64. The van der Waals surface area contributed by atoms with Gasteiger partial charge >= 0.3 is 0 Å². The molecule has 1 aromatic heterocycles. The molecule has 1 atom stereocenters. The molecule has 7 heteroatoms. The standard InChI is InChI=1S/C17H18N4O2S/c1-12-3-4-15(23-2)14(9-12)21-7-5-13(20-21)16(22)19-17(10-18)6-8-24-11-17/h3-5,7,9H,6,8,11H2,1-2H3,(H,19,22)/t17-/m1/s1. The van der Waals surface area contributed by atoms with Gasteiger partial charge in [0.25, 0.3) is 5.91 Å². The van der Waals surface area contributed by atoms with E-state index in [4.69, 9.17) is 4.74 Å². The Balaban J connectivity index is 1.85. The van der Waals surface area contributed by atoms with Crippen molar-refractivity contribution < 1.29 is 9.53 Å². The average molecular weight is 342 g/mol. The van der Waals surface area contributed by atoms with Crippen LogP contribution in [-0.2, 0) is 0 Å². The number of aryl methyl sites for hydroxylation is 1. The number of nitriles is 1. The second-order valence-corrected chi connectivity index (χ2v) is 6.88. The van der Waals surface area contributed by atoms with Gasteiger partial charge in [-0.15, -0.1) is 0 Å². The van der Waals surface area contributed by atoms with E-state index in [-0.39, 0.29) is 11.6 Å². The zero-order valence-corrected chi connectivity index (χ0v) is 14.4. The van der Waals surface area contributed by atoms with Gasteiger partial charge in [0.2, 0.25) is 0 Å². The topological polar surface area (TPSA) is 79.9 Å². The fourth-order valence-corrected chi connectivity index (χ4v) is 3.89. The molecule has 1 aromatic carbocycles. The van der Waals surface area contributed by atoms with E-state index in [1.54, 1.807) is 35.8 Å². The van der Waals surface area contributed by atoms with Gasteiger partial charge in [0.1, 0.15) is 17.0 Å². The van der Waals surface area contributed by atoms with E-state index in [9.17, 15) is 10.1 Å². The number of ether oxygens (including phenoxy) is 1. The van der Waals surface area contributed by atoms with Crippen LogP contribution in [-0.4, -0.2) is 39.8 Å². The Morgan fingerprint density at radius 3 is 3.00 bits per heavy atom. The van der Waals surface area contributed by atoms with Crippen LogP contribution in [0.4, 0.5) is 0 Å². The predicted octanol–water partition coefficient (Wildman–Crippen LogP) is 2.32. The maximum Gasteiger partial charge on any atom is 0.273 e. The molecule has 0 bridgehead atoms. The highest BCUT2D eigenvalue weighted by molar-refractivity contribution is 7.99. The first-order valence-electron chi connectivity index (χ1n) is 7.59. The van der Waals surface area contributed by atoms with E-state index >= 15 is 0 Å². The Hall–Kier alpha value is -2.46. The van der Waals surface area contributed by atoms with E-state index < -0.39 is 5.54 Å². The third-order valence-corrected chi connectivity index (χ3v) is 5.18. The Bertz CT molecular complexity index is 803. The molecule has 0 aliphatic carbocycles. The quantitative estimate of drug-likeness (QED) is 0.922. The second-order valence-electron chi connectivity index (χ2n) is 5.77. The monoisotopic (exact) mass is 342 g/mol. The van der Waals surface area contributed by atoms with Crippen molar-refractivity contribution in [2.24, 2.45) is 0 Å². The molecule has 2 aromatic rings. The molecular formula is C17H18N4O2S. The number of hydrogen-bond donors (Lipinski definition) is 1. The lowest BCUT2D eigenvalue weighted by Crippen LogP contribution is -2.47. The molecule has 0 radical (unpaired) electrons. The van der Waals surface area contributed by atoms with Gasteiger partial charge in [-0.3, -0.25) is 4.79 Å². The van der Waals surface area contributed by atoms with Crippen molar-refractivity contribution in [2.75, 3.05) is 18.6 Å². The number of hydrogen-bond acceptors (Lipinski definition) is 5. The Kier molecular flexibility index (Phi) is 4.49. The van der Waals surface area contributed by atoms with Gasteiger partial charge in [-0.25, -0.2) is 4.68 Å². The van der Waals surface area contributed by atoms with Crippen molar-refractivity contribution in [3.63, 3.8) is 0 Å². The molecule has 0 unspecified atom stereocenters. The molecule has 1 fully saturated rings. The first kappa shape index (κ1) is 16.4. The number of thioether (sulfide) groups is 1. The lowest BCUT2D eigenvalue weighted by molar-refractivity contribution is 0.0920. The van der Waals surface area contributed by atoms with Gasteiger partial charge < -0.3 is 10.1 Å². The maximum absolute atomic E-state index is 12.5. The first-order valence-corrected chi connectivity index (χ1v) is 8.74. The van der Waals surface area contributed by atoms with Gasteiger partial charge in [-0.05, 0) is 42.9 Å². The molecule has 3 rings (SSSR count). The van der Waals surface area contributed by atoms with Crippen LogP contribution in [0, 0.1) is 18.3 Å². The third kappa shape index (κ3) is 3.10. The zero-order chi connectivity index (χ0) is 17.2. The van der Waals surface area contributed by atoms with Crippen LogP contribution in [0.2, 0.25) is 0 Å². The van der Waals surface area contributed by atoms with Crippen LogP contribution in [0.5, 0.6) is 5.75 Å². The smallest absolute Gasteiger partial charge is 0.273 e. The molecule has 1 aliphatic heterocycles. The fourth-order valence-electron chi connectivity index (χ4n) is 2.62. The lowest BCUT2D eigenvalue weighted by atomic mass is 10.0. The molecule has 1 saturated heterocycles. The van der Waals surface area contributed by atoms with Crippen molar-refractivity contribution in [3.8, 4) is 17.5 Å². The Labute approximate surface area is 144 Å². The summed E-state index contributed by atoms with van der Waals surface area (Å²) in [6.45, 7) is 1.98. The first-order chi connectivity index (χ1) is 11.6. The van der Waals surface area contributed by atoms with Crippen molar-refractivity contribution in [1.29, 1.82) is 5.26 Å². The normalized spacial score (nSPS) is 19.7. The minimum Gasteiger partial charge on any atom is -0.494 e. The summed E-state index contributed by atoms with van der Waals surface area (Å²) < 4.78 is 6.97. The molecule has 24 heavy (non-hydrogen) atoms. The molecular weight excluding hydrogens is 324 g/mol. The third-order valence-electron chi connectivity index (χ3n) is 3.99. The van der Waals surface area contributed by atoms with E-state index in [2.05, 4.69) is 16.5 Å². The Morgan fingerprint density at radius 2 is 2.33 bits per heavy atom. The van der Waals surface area contributed by atoms with E-state index in [1.165, 1.54) is 0 Å². The summed E-state index contributed by atoms with van der Waals surface area (Å²) in [5.74, 6) is 1.84. The molecule has 2 heterocycles. The van der Waals surface area contributed by atoms with Gasteiger partial charge in [-0.1, -0.05) is 6.07 Å². The van der Waals surface area contributed by atoms with Gasteiger partial charge in [-0.2, -0.15) is 22.1 Å². The predicted molar refractivity (Wildman–Crippen MR) is 92.6 cm³/mol. The summed E-state index contributed by atoms with van der Waals surface area (Å²) in [5, 5.41) is 16.6. The highest BCUT2D eigenvalue weighted by atomic mass is 32.2. The highest BCUT2D eigenvalue weighted by Crippen LogP contribution is 2.28. The average Bonchev–Trinajstić information content (AvgIpc) is 3.24. The van der Waals surface area contributed by atoms with Gasteiger partial charge in [0.05, 0.1) is 13.2 Å². The largest absolute Gasteiger partial charge is 0.494 e. The number of amides is 1. The van der Waals surface area contributed by atoms with Crippen molar-refractivity contribution >= 4 is 17.7 Å². The summed E-state index contributed by atoms with van der Waals surface area (Å²) in [4.78, 5) is 12.5. The summed E-state index contributed by atoms with van der Waals surface area (Å²) in [7, 11) is 1.60. The van der Waals surface area contributed by atoms with Crippen molar-refractivity contribution in [3.05, 3.63) is 41.7 Å². The van der Waals surface area contributed by atoms with Crippen LogP contribution in [0.25, 0.3) is 5.69 Å². The Morgan fingerprint density at radius 1 is 1.50 bits per heavy atom. The second kappa shape index (κ2) is 6.57. The van der Waals surface area contributed by atoms with Crippen LogP contribution in [0.15, 0.2) is 30.5 Å². The molecule has 0 saturated carbocycles. The minimum atomic E-state index is -0.785. The molecule has 124 valence electrons. The molecule has 0 spiro atoms. The lowest BCUT2D eigenvalue weighted by Gasteiger charge is -2.20. The summed E-state index contributed by atoms with van der Waals surface area (Å²) in [5.41, 5.74) is 1.33. The minimum absolute atomic E-state index is 0.282. The molecule has 1 amide bonds.